The highest BCUT2D eigenvalue weighted by Gasteiger charge is 2.15. The zero-order valence-corrected chi connectivity index (χ0v) is 11.5. The van der Waals surface area contributed by atoms with Crippen molar-refractivity contribution in [3.63, 3.8) is 0 Å². The van der Waals surface area contributed by atoms with Gasteiger partial charge in [-0.25, -0.2) is 14.6 Å². The topological polar surface area (TPSA) is 55.6 Å². The first kappa shape index (κ1) is 14.0. The first-order chi connectivity index (χ1) is 8.93. The van der Waals surface area contributed by atoms with E-state index in [1.165, 1.54) is 32.0 Å². The lowest BCUT2D eigenvalue weighted by atomic mass is 10.2. The van der Waals surface area contributed by atoms with Crippen LogP contribution in [0.2, 0.25) is 0 Å². The van der Waals surface area contributed by atoms with Gasteiger partial charge >= 0.3 is 0 Å². The third kappa shape index (κ3) is 3.30. The molecule has 3 rings (SSSR count). The zero-order valence-electron chi connectivity index (χ0n) is 10.7. The van der Waals surface area contributed by atoms with Gasteiger partial charge in [-0.05, 0) is 18.9 Å². The van der Waals surface area contributed by atoms with Gasteiger partial charge in [-0.15, -0.1) is 12.4 Å². The Balaban J connectivity index is 0.00000133. The Labute approximate surface area is 118 Å². The lowest BCUT2D eigenvalue weighted by molar-refractivity contribution is 0.522. The summed E-state index contributed by atoms with van der Waals surface area (Å²) in [4.78, 5) is 8.36. The van der Waals surface area contributed by atoms with Crippen molar-refractivity contribution in [3.05, 3.63) is 36.5 Å². The van der Waals surface area contributed by atoms with Crippen molar-refractivity contribution in [1.29, 1.82) is 0 Å². The maximum Gasteiger partial charge on any atom is 0.159 e. The van der Waals surface area contributed by atoms with E-state index in [0.29, 0.717) is 6.04 Å². The molecular weight excluding hydrogens is 262 g/mol. The Hall–Kier alpha value is -1.46. The van der Waals surface area contributed by atoms with E-state index in [4.69, 9.17) is 0 Å². The summed E-state index contributed by atoms with van der Waals surface area (Å²) in [5.41, 5.74) is 1.16. The second-order valence-electron chi connectivity index (χ2n) is 4.69. The molecule has 2 aromatic rings. The summed E-state index contributed by atoms with van der Waals surface area (Å²) in [5.74, 6) is 0.862. The molecule has 1 aliphatic rings. The lowest BCUT2D eigenvalue weighted by Crippen LogP contribution is -2.26. The summed E-state index contributed by atoms with van der Waals surface area (Å²) >= 11 is 0. The fourth-order valence-corrected chi connectivity index (χ4v) is 2.48. The summed E-state index contributed by atoms with van der Waals surface area (Å²) < 4.78 is 1.71. The molecule has 2 heterocycles. The highest BCUT2D eigenvalue weighted by molar-refractivity contribution is 5.85. The van der Waals surface area contributed by atoms with Gasteiger partial charge in [0.15, 0.2) is 5.82 Å². The van der Waals surface area contributed by atoms with Gasteiger partial charge in [-0.1, -0.05) is 18.9 Å². The number of rotatable bonds is 4. The molecule has 102 valence electrons. The van der Waals surface area contributed by atoms with Crippen LogP contribution in [0.3, 0.4) is 0 Å². The molecule has 0 radical (unpaired) electrons. The minimum absolute atomic E-state index is 0. The molecule has 0 spiro atoms. The van der Waals surface area contributed by atoms with Crippen LogP contribution in [-0.4, -0.2) is 25.8 Å². The van der Waals surface area contributed by atoms with Crippen molar-refractivity contribution in [1.82, 2.24) is 25.1 Å². The number of pyridine rings is 1. The van der Waals surface area contributed by atoms with Crippen molar-refractivity contribution < 1.29 is 0 Å². The minimum atomic E-state index is 0. The van der Waals surface area contributed by atoms with E-state index in [2.05, 4.69) is 26.4 Å². The summed E-state index contributed by atoms with van der Waals surface area (Å²) in [5, 5.41) is 7.74. The van der Waals surface area contributed by atoms with Gasteiger partial charge in [0.1, 0.15) is 12.7 Å². The van der Waals surface area contributed by atoms with Crippen LogP contribution >= 0.6 is 12.4 Å². The van der Waals surface area contributed by atoms with Crippen LogP contribution < -0.4 is 5.32 Å². The maximum atomic E-state index is 4.39. The number of halogens is 1. The molecular formula is C13H18ClN5. The van der Waals surface area contributed by atoms with Crippen molar-refractivity contribution in [2.24, 2.45) is 0 Å². The van der Waals surface area contributed by atoms with Gasteiger partial charge in [-0.2, -0.15) is 5.10 Å². The molecule has 0 aromatic carbocycles. The predicted octanol–water partition coefficient (Wildman–Crippen LogP) is 2.12. The smallest absolute Gasteiger partial charge is 0.159 e. The van der Waals surface area contributed by atoms with Crippen molar-refractivity contribution >= 4 is 12.4 Å². The molecule has 0 atom stereocenters. The van der Waals surface area contributed by atoms with Gasteiger partial charge < -0.3 is 5.32 Å². The lowest BCUT2D eigenvalue weighted by Gasteiger charge is -2.13. The van der Waals surface area contributed by atoms with Gasteiger partial charge in [0.2, 0.25) is 0 Å². The van der Waals surface area contributed by atoms with Crippen LogP contribution in [0.1, 0.15) is 31.2 Å². The second-order valence-corrected chi connectivity index (χ2v) is 4.69. The van der Waals surface area contributed by atoms with E-state index >= 15 is 0 Å². The van der Waals surface area contributed by atoms with E-state index in [9.17, 15) is 0 Å². The Morgan fingerprint density at radius 2 is 2.16 bits per heavy atom. The summed E-state index contributed by atoms with van der Waals surface area (Å²) in [6, 6.07) is 4.71. The molecule has 5 nitrogen and oxygen atoms in total. The van der Waals surface area contributed by atoms with Crippen LogP contribution in [0.5, 0.6) is 0 Å². The molecule has 1 aliphatic carbocycles. The standard InChI is InChI=1S/C13H17N5.ClH/c1-2-6-12(5-1)16-8-11-4-3-7-15-13(11)18-10-14-9-17-18;/h3-4,7,9-10,12,16H,1-2,5-6,8H2;1H. The predicted molar refractivity (Wildman–Crippen MR) is 75.5 cm³/mol. The van der Waals surface area contributed by atoms with Crippen molar-refractivity contribution in [2.75, 3.05) is 0 Å². The molecule has 6 heteroatoms. The molecule has 1 saturated carbocycles. The van der Waals surface area contributed by atoms with Crippen LogP contribution in [-0.2, 0) is 6.54 Å². The SMILES string of the molecule is Cl.c1cnc(-n2cncn2)c(CNC2CCCC2)c1. The van der Waals surface area contributed by atoms with E-state index in [1.54, 1.807) is 17.2 Å². The fourth-order valence-electron chi connectivity index (χ4n) is 2.48. The molecule has 1 N–H and O–H groups in total. The Morgan fingerprint density at radius 1 is 1.32 bits per heavy atom. The molecule has 0 unspecified atom stereocenters. The van der Waals surface area contributed by atoms with Gasteiger partial charge in [-0.3, -0.25) is 0 Å². The Morgan fingerprint density at radius 3 is 2.89 bits per heavy atom. The Bertz CT molecular complexity index is 493. The van der Waals surface area contributed by atoms with Crippen LogP contribution in [0.15, 0.2) is 31.0 Å². The van der Waals surface area contributed by atoms with Crippen molar-refractivity contribution in [3.8, 4) is 5.82 Å². The first-order valence-electron chi connectivity index (χ1n) is 6.46. The maximum absolute atomic E-state index is 4.39. The first-order valence-corrected chi connectivity index (χ1v) is 6.46. The van der Waals surface area contributed by atoms with E-state index in [0.717, 1.165) is 17.9 Å². The molecule has 0 amide bonds. The largest absolute Gasteiger partial charge is 0.310 e. The molecule has 1 fully saturated rings. The normalized spacial score (nSPS) is 15.4. The molecule has 0 bridgehead atoms. The average molecular weight is 280 g/mol. The van der Waals surface area contributed by atoms with Crippen LogP contribution in [0.4, 0.5) is 0 Å². The number of hydrogen-bond acceptors (Lipinski definition) is 4. The number of nitrogens with zero attached hydrogens (tertiary/aromatic N) is 4. The third-order valence-corrected chi connectivity index (χ3v) is 3.44. The monoisotopic (exact) mass is 279 g/mol. The van der Waals surface area contributed by atoms with E-state index in [-0.39, 0.29) is 12.4 Å². The third-order valence-electron chi connectivity index (χ3n) is 3.44. The average Bonchev–Trinajstić information content (AvgIpc) is 3.10. The molecule has 0 aliphatic heterocycles. The van der Waals surface area contributed by atoms with Crippen molar-refractivity contribution in [2.45, 2.75) is 38.3 Å². The molecule has 2 aromatic heterocycles. The minimum Gasteiger partial charge on any atom is -0.310 e. The summed E-state index contributed by atoms with van der Waals surface area (Å²) in [6.07, 6.45) is 10.3. The Kier molecular flexibility index (Phi) is 4.87. The summed E-state index contributed by atoms with van der Waals surface area (Å²) in [7, 11) is 0. The highest BCUT2D eigenvalue weighted by atomic mass is 35.5. The molecule has 0 saturated heterocycles. The van der Waals surface area contributed by atoms with Gasteiger partial charge in [0.25, 0.3) is 0 Å². The number of aromatic nitrogens is 4. The number of nitrogens with one attached hydrogen (secondary N) is 1. The van der Waals surface area contributed by atoms with Crippen LogP contribution in [0.25, 0.3) is 5.82 Å². The highest BCUT2D eigenvalue weighted by Crippen LogP contribution is 2.18. The van der Waals surface area contributed by atoms with E-state index < -0.39 is 0 Å². The zero-order chi connectivity index (χ0) is 12.2. The molecule has 19 heavy (non-hydrogen) atoms. The quantitative estimate of drug-likeness (QED) is 0.931. The van der Waals surface area contributed by atoms with Gasteiger partial charge in [0.05, 0.1) is 0 Å². The van der Waals surface area contributed by atoms with Gasteiger partial charge in [0, 0.05) is 24.3 Å². The fraction of sp³-hybridized carbons (Fsp3) is 0.462. The number of hydrogen-bond donors (Lipinski definition) is 1. The summed E-state index contributed by atoms with van der Waals surface area (Å²) in [6.45, 7) is 0.841. The second kappa shape index (κ2) is 6.63. The van der Waals surface area contributed by atoms with E-state index in [1.807, 2.05) is 6.07 Å². The van der Waals surface area contributed by atoms with Crippen LogP contribution in [0, 0.1) is 0 Å².